The molecule has 0 atom stereocenters. The molecule has 0 spiro atoms. The third-order valence-electron chi connectivity index (χ3n) is 3.58. The number of morpholine rings is 1. The van der Waals surface area contributed by atoms with E-state index in [0.717, 1.165) is 52.0 Å². The van der Waals surface area contributed by atoms with Crippen LogP contribution >= 0.6 is 11.6 Å². The molecule has 0 bridgehead atoms. The van der Waals surface area contributed by atoms with Crippen LogP contribution in [0.4, 0.5) is 0 Å². The van der Waals surface area contributed by atoms with E-state index in [2.05, 4.69) is 4.90 Å². The third kappa shape index (κ3) is 2.92. The molecule has 3 nitrogen and oxygen atoms in total. The fourth-order valence-corrected chi connectivity index (χ4v) is 2.83. The lowest BCUT2D eigenvalue weighted by Gasteiger charge is -2.38. The first-order valence-corrected chi connectivity index (χ1v) is 6.16. The minimum atomic E-state index is -0.143. The molecule has 1 saturated carbocycles. The van der Waals surface area contributed by atoms with Crippen LogP contribution in [0.15, 0.2) is 0 Å². The Balaban J connectivity index is 1.79. The fraction of sp³-hybridized carbons (Fsp3) is 0.909. The molecule has 2 fully saturated rings. The lowest BCUT2D eigenvalue weighted by Crippen LogP contribution is -2.45. The van der Waals surface area contributed by atoms with Gasteiger partial charge in [0.15, 0.2) is 0 Å². The molecule has 1 aliphatic carbocycles. The highest BCUT2D eigenvalue weighted by atomic mass is 35.5. The third-order valence-corrected chi connectivity index (χ3v) is 3.89. The van der Waals surface area contributed by atoms with Crippen LogP contribution in [-0.4, -0.2) is 42.5 Å². The van der Waals surface area contributed by atoms with Crippen molar-refractivity contribution in [2.75, 3.05) is 26.3 Å². The molecule has 0 radical (unpaired) electrons. The van der Waals surface area contributed by atoms with Crippen molar-refractivity contribution < 1.29 is 9.53 Å². The van der Waals surface area contributed by atoms with E-state index in [-0.39, 0.29) is 11.2 Å². The molecule has 0 unspecified atom stereocenters. The quantitative estimate of drug-likeness (QED) is 0.677. The van der Waals surface area contributed by atoms with Gasteiger partial charge in [-0.3, -0.25) is 9.69 Å². The first-order chi connectivity index (χ1) is 7.27. The van der Waals surface area contributed by atoms with Crippen LogP contribution in [0.1, 0.15) is 25.7 Å². The molecule has 15 heavy (non-hydrogen) atoms. The van der Waals surface area contributed by atoms with Crippen LogP contribution in [0, 0.1) is 5.92 Å². The SMILES string of the molecule is O=C(Cl)C1CCC(N2CCOCC2)CC1. The zero-order valence-corrected chi connectivity index (χ0v) is 9.71. The van der Waals surface area contributed by atoms with Crippen molar-refractivity contribution in [1.29, 1.82) is 0 Å². The number of ether oxygens (including phenoxy) is 1. The minimum absolute atomic E-state index is 0.115. The van der Waals surface area contributed by atoms with E-state index in [1.165, 1.54) is 0 Å². The molecule has 2 aliphatic rings. The number of nitrogens with zero attached hydrogens (tertiary/aromatic N) is 1. The predicted molar refractivity (Wildman–Crippen MR) is 59.0 cm³/mol. The zero-order chi connectivity index (χ0) is 10.7. The summed E-state index contributed by atoms with van der Waals surface area (Å²) < 4.78 is 5.33. The van der Waals surface area contributed by atoms with Crippen LogP contribution in [0.5, 0.6) is 0 Å². The Kier molecular flexibility index (Phi) is 4.00. The molecule has 0 N–H and O–H groups in total. The number of halogens is 1. The van der Waals surface area contributed by atoms with Crippen molar-refractivity contribution >= 4 is 16.8 Å². The van der Waals surface area contributed by atoms with Crippen molar-refractivity contribution in [3.05, 3.63) is 0 Å². The van der Waals surface area contributed by atoms with Crippen LogP contribution in [-0.2, 0) is 9.53 Å². The van der Waals surface area contributed by atoms with Gasteiger partial charge in [-0.25, -0.2) is 0 Å². The fourth-order valence-electron chi connectivity index (χ4n) is 2.61. The molecular weight excluding hydrogens is 214 g/mol. The van der Waals surface area contributed by atoms with Gasteiger partial charge in [-0.05, 0) is 37.3 Å². The molecule has 1 aliphatic heterocycles. The summed E-state index contributed by atoms with van der Waals surface area (Å²) in [4.78, 5) is 13.5. The summed E-state index contributed by atoms with van der Waals surface area (Å²) in [5.41, 5.74) is 0. The second-order valence-corrected chi connectivity index (χ2v) is 4.83. The van der Waals surface area contributed by atoms with Gasteiger partial charge in [-0.15, -0.1) is 0 Å². The van der Waals surface area contributed by atoms with E-state index in [4.69, 9.17) is 16.3 Å². The average molecular weight is 232 g/mol. The summed E-state index contributed by atoms with van der Waals surface area (Å²) in [7, 11) is 0. The van der Waals surface area contributed by atoms with Gasteiger partial charge in [0.05, 0.1) is 13.2 Å². The normalized spacial score (nSPS) is 33.9. The van der Waals surface area contributed by atoms with Crippen LogP contribution in [0.25, 0.3) is 0 Å². The van der Waals surface area contributed by atoms with Gasteiger partial charge in [0, 0.05) is 25.0 Å². The van der Waals surface area contributed by atoms with Gasteiger partial charge in [0.1, 0.15) is 0 Å². The molecule has 86 valence electrons. The highest BCUT2D eigenvalue weighted by molar-refractivity contribution is 6.63. The van der Waals surface area contributed by atoms with Gasteiger partial charge in [0.25, 0.3) is 0 Å². The monoisotopic (exact) mass is 231 g/mol. The largest absolute Gasteiger partial charge is 0.379 e. The number of hydrogen-bond acceptors (Lipinski definition) is 3. The summed E-state index contributed by atoms with van der Waals surface area (Å²) in [6.07, 6.45) is 4.15. The van der Waals surface area contributed by atoms with E-state index >= 15 is 0 Å². The van der Waals surface area contributed by atoms with Gasteiger partial charge in [0.2, 0.25) is 5.24 Å². The molecular formula is C11H18ClNO2. The summed E-state index contributed by atoms with van der Waals surface area (Å²) in [6, 6.07) is 0.654. The van der Waals surface area contributed by atoms with Crippen molar-refractivity contribution in [2.24, 2.45) is 5.92 Å². The van der Waals surface area contributed by atoms with Crippen molar-refractivity contribution in [2.45, 2.75) is 31.7 Å². The maximum absolute atomic E-state index is 11.0. The standard InChI is InChI=1S/C11H18ClNO2/c12-11(14)9-1-3-10(4-2-9)13-5-7-15-8-6-13/h9-10H,1-8H2. The Morgan fingerprint density at radius 2 is 1.73 bits per heavy atom. The van der Waals surface area contributed by atoms with Crippen molar-refractivity contribution in [3.8, 4) is 0 Å². The molecule has 1 heterocycles. The summed E-state index contributed by atoms with van der Waals surface area (Å²) in [6.45, 7) is 3.80. The second-order valence-electron chi connectivity index (χ2n) is 4.46. The topological polar surface area (TPSA) is 29.5 Å². The first-order valence-electron chi connectivity index (χ1n) is 5.78. The van der Waals surface area contributed by atoms with E-state index in [1.807, 2.05) is 0 Å². The maximum Gasteiger partial charge on any atom is 0.224 e. The second kappa shape index (κ2) is 5.28. The molecule has 0 aromatic heterocycles. The van der Waals surface area contributed by atoms with E-state index < -0.39 is 0 Å². The van der Waals surface area contributed by atoms with Gasteiger partial charge in [-0.2, -0.15) is 0 Å². The van der Waals surface area contributed by atoms with Gasteiger partial charge < -0.3 is 4.74 Å². The number of carbonyl (C=O) groups excluding carboxylic acids is 1. The Bertz CT molecular complexity index is 221. The Labute approximate surface area is 95.7 Å². The number of rotatable bonds is 2. The van der Waals surface area contributed by atoms with Gasteiger partial charge in [-0.1, -0.05) is 0 Å². The Morgan fingerprint density at radius 3 is 2.27 bits per heavy atom. The smallest absolute Gasteiger partial charge is 0.224 e. The minimum Gasteiger partial charge on any atom is -0.379 e. The number of hydrogen-bond donors (Lipinski definition) is 0. The molecule has 0 amide bonds. The Morgan fingerprint density at radius 1 is 1.13 bits per heavy atom. The average Bonchev–Trinajstić information content (AvgIpc) is 2.30. The molecule has 1 saturated heterocycles. The summed E-state index contributed by atoms with van der Waals surface area (Å²) in [5, 5.41) is -0.143. The van der Waals surface area contributed by atoms with Crippen molar-refractivity contribution in [3.63, 3.8) is 0 Å². The predicted octanol–water partition coefficient (Wildman–Crippen LogP) is 1.64. The zero-order valence-electron chi connectivity index (χ0n) is 8.95. The van der Waals surface area contributed by atoms with Crippen LogP contribution in [0.3, 0.4) is 0 Å². The molecule has 4 heteroatoms. The highest BCUT2D eigenvalue weighted by Crippen LogP contribution is 2.29. The van der Waals surface area contributed by atoms with E-state index in [0.29, 0.717) is 6.04 Å². The van der Waals surface area contributed by atoms with E-state index in [9.17, 15) is 4.79 Å². The lowest BCUT2D eigenvalue weighted by atomic mass is 9.86. The molecule has 0 aromatic carbocycles. The lowest BCUT2D eigenvalue weighted by molar-refractivity contribution is -0.116. The summed E-state index contributed by atoms with van der Waals surface area (Å²) >= 11 is 5.52. The maximum atomic E-state index is 11.0. The molecule has 0 aromatic rings. The Hall–Kier alpha value is -0.120. The molecule has 2 rings (SSSR count). The van der Waals surface area contributed by atoms with Crippen LogP contribution in [0.2, 0.25) is 0 Å². The first kappa shape index (κ1) is 11.4. The van der Waals surface area contributed by atoms with E-state index in [1.54, 1.807) is 0 Å². The summed E-state index contributed by atoms with van der Waals surface area (Å²) in [5.74, 6) is 0.115. The van der Waals surface area contributed by atoms with Crippen molar-refractivity contribution in [1.82, 2.24) is 4.90 Å². The van der Waals surface area contributed by atoms with Gasteiger partial charge >= 0.3 is 0 Å². The highest BCUT2D eigenvalue weighted by Gasteiger charge is 2.29. The van der Waals surface area contributed by atoms with Crippen LogP contribution < -0.4 is 0 Å². The number of carbonyl (C=O) groups is 1.